The van der Waals surface area contributed by atoms with Gasteiger partial charge in [0.05, 0.1) is 13.1 Å². The SMILES string of the molecule is C=CCOc1ccc(CN(C)CC(=O)c2c(N)n(Cc3ccccc3)c(=O)n(CC)c2=O)cc1. The quantitative estimate of drug-likeness (QED) is 0.347. The fourth-order valence-corrected chi connectivity index (χ4v) is 3.71. The summed E-state index contributed by atoms with van der Waals surface area (Å²) in [4.78, 5) is 40.8. The summed E-state index contributed by atoms with van der Waals surface area (Å²) in [7, 11) is 1.79. The molecular formula is C26H30N4O4. The highest BCUT2D eigenvalue weighted by Crippen LogP contribution is 2.14. The Morgan fingerprint density at radius 1 is 1.06 bits per heavy atom. The topological polar surface area (TPSA) is 99.6 Å². The highest BCUT2D eigenvalue weighted by Gasteiger charge is 2.23. The predicted molar refractivity (Wildman–Crippen MR) is 133 cm³/mol. The Morgan fingerprint density at radius 3 is 2.35 bits per heavy atom. The molecule has 0 aliphatic carbocycles. The van der Waals surface area contributed by atoms with Crippen LogP contribution in [-0.4, -0.2) is 40.0 Å². The maximum absolute atomic E-state index is 13.2. The van der Waals surface area contributed by atoms with E-state index in [1.54, 1.807) is 24.9 Å². The van der Waals surface area contributed by atoms with Crippen LogP contribution in [0.15, 0.2) is 76.8 Å². The van der Waals surface area contributed by atoms with Crippen molar-refractivity contribution >= 4 is 11.6 Å². The molecule has 0 aliphatic rings. The number of carbonyl (C=O) groups is 1. The molecule has 0 radical (unpaired) electrons. The second-order valence-electron chi connectivity index (χ2n) is 8.00. The first-order valence-electron chi connectivity index (χ1n) is 11.1. The van der Waals surface area contributed by atoms with Gasteiger partial charge in [0.25, 0.3) is 5.56 Å². The molecule has 0 unspecified atom stereocenters. The molecule has 0 bridgehead atoms. The molecule has 2 N–H and O–H groups in total. The molecule has 0 aliphatic heterocycles. The summed E-state index contributed by atoms with van der Waals surface area (Å²) in [5.74, 6) is 0.196. The Morgan fingerprint density at radius 2 is 1.74 bits per heavy atom. The second-order valence-corrected chi connectivity index (χ2v) is 8.00. The van der Waals surface area contributed by atoms with Crippen LogP contribution in [-0.2, 0) is 19.6 Å². The third kappa shape index (κ3) is 5.71. The molecule has 0 atom stereocenters. The van der Waals surface area contributed by atoms with Crippen molar-refractivity contribution in [2.75, 3.05) is 25.9 Å². The lowest BCUT2D eigenvalue weighted by Gasteiger charge is -2.19. The smallest absolute Gasteiger partial charge is 0.332 e. The van der Waals surface area contributed by atoms with Crippen molar-refractivity contribution in [3.8, 4) is 5.75 Å². The van der Waals surface area contributed by atoms with Crippen LogP contribution in [0.2, 0.25) is 0 Å². The number of hydrogen-bond donors (Lipinski definition) is 1. The summed E-state index contributed by atoms with van der Waals surface area (Å²) >= 11 is 0. The zero-order valence-electron chi connectivity index (χ0n) is 19.6. The Labute approximate surface area is 198 Å². The number of aromatic nitrogens is 2. The van der Waals surface area contributed by atoms with Crippen molar-refractivity contribution in [3.05, 3.63) is 105 Å². The van der Waals surface area contributed by atoms with Crippen molar-refractivity contribution in [2.45, 2.75) is 26.6 Å². The molecule has 8 nitrogen and oxygen atoms in total. The molecule has 0 saturated carbocycles. The van der Waals surface area contributed by atoms with Crippen molar-refractivity contribution in [1.29, 1.82) is 0 Å². The van der Waals surface area contributed by atoms with Gasteiger partial charge in [-0.1, -0.05) is 55.1 Å². The van der Waals surface area contributed by atoms with E-state index < -0.39 is 17.0 Å². The lowest BCUT2D eigenvalue weighted by atomic mass is 10.1. The number of likely N-dealkylation sites (N-methyl/N-ethyl adjacent to an activating group) is 1. The molecule has 8 heteroatoms. The van der Waals surface area contributed by atoms with Gasteiger partial charge >= 0.3 is 5.69 Å². The monoisotopic (exact) mass is 462 g/mol. The number of ether oxygens (including phenoxy) is 1. The summed E-state index contributed by atoms with van der Waals surface area (Å²) < 4.78 is 7.82. The van der Waals surface area contributed by atoms with E-state index in [0.717, 1.165) is 21.4 Å². The van der Waals surface area contributed by atoms with Gasteiger partial charge < -0.3 is 10.5 Å². The fraction of sp³-hybridized carbons (Fsp3) is 0.269. The van der Waals surface area contributed by atoms with Gasteiger partial charge in [-0.05, 0) is 37.2 Å². The molecule has 0 amide bonds. The summed E-state index contributed by atoms with van der Waals surface area (Å²) in [5, 5.41) is 0. The summed E-state index contributed by atoms with van der Waals surface area (Å²) in [6.45, 7) is 6.51. The lowest BCUT2D eigenvalue weighted by Crippen LogP contribution is -2.45. The minimum absolute atomic E-state index is 0.0264. The third-order valence-electron chi connectivity index (χ3n) is 5.40. The van der Waals surface area contributed by atoms with Gasteiger partial charge in [0.15, 0.2) is 5.78 Å². The minimum Gasteiger partial charge on any atom is -0.490 e. The van der Waals surface area contributed by atoms with Gasteiger partial charge in [0.1, 0.15) is 23.7 Å². The van der Waals surface area contributed by atoms with E-state index in [-0.39, 0.29) is 31.0 Å². The first-order valence-corrected chi connectivity index (χ1v) is 11.1. The number of ketones is 1. The van der Waals surface area contributed by atoms with Crippen LogP contribution in [0.4, 0.5) is 5.82 Å². The Hall–Kier alpha value is -3.91. The maximum Gasteiger partial charge on any atom is 0.332 e. The summed E-state index contributed by atoms with van der Waals surface area (Å²) in [6.07, 6.45) is 1.68. The molecule has 1 heterocycles. The number of nitrogen functional groups attached to an aromatic ring is 1. The molecule has 34 heavy (non-hydrogen) atoms. The number of nitrogens with two attached hydrogens (primary N) is 1. The Kier molecular flexibility index (Phi) is 8.21. The van der Waals surface area contributed by atoms with Crippen LogP contribution < -0.4 is 21.7 Å². The number of carbonyl (C=O) groups excluding carboxylic acids is 1. The molecule has 1 aromatic heterocycles. The largest absolute Gasteiger partial charge is 0.490 e. The van der Waals surface area contributed by atoms with Gasteiger partial charge in [0.2, 0.25) is 0 Å². The van der Waals surface area contributed by atoms with Crippen LogP contribution in [0.1, 0.15) is 28.4 Å². The predicted octanol–water partition coefficient (Wildman–Crippen LogP) is 2.54. The normalized spacial score (nSPS) is 10.9. The molecule has 2 aromatic carbocycles. The first-order chi connectivity index (χ1) is 16.3. The zero-order chi connectivity index (χ0) is 24.7. The standard InChI is InChI=1S/C26H30N4O4/c1-4-15-34-21-13-11-20(12-14-21)16-28(3)18-22(31)23-24(27)30(17-19-9-7-6-8-10-19)26(33)29(5-2)25(23)32/h4,6-14H,1,5,15-18,27H2,2-3H3. The first kappa shape index (κ1) is 24.7. The van der Waals surface area contributed by atoms with E-state index in [1.807, 2.05) is 54.6 Å². The zero-order valence-corrected chi connectivity index (χ0v) is 19.6. The van der Waals surface area contributed by atoms with Crippen molar-refractivity contribution < 1.29 is 9.53 Å². The highest BCUT2D eigenvalue weighted by molar-refractivity contribution is 6.01. The van der Waals surface area contributed by atoms with Gasteiger partial charge in [0, 0.05) is 13.1 Å². The molecule has 0 saturated heterocycles. The van der Waals surface area contributed by atoms with Gasteiger partial charge in [-0.25, -0.2) is 4.79 Å². The van der Waals surface area contributed by atoms with Crippen LogP contribution in [0, 0.1) is 0 Å². The molecule has 178 valence electrons. The van der Waals surface area contributed by atoms with E-state index in [0.29, 0.717) is 13.2 Å². The number of Topliss-reactive ketones (excluding diaryl/α,β-unsaturated/α-hetero) is 1. The summed E-state index contributed by atoms with van der Waals surface area (Å²) in [6, 6.07) is 16.8. The molecule has 3 rings (SSSR count). The van der Waals surface area contributed by atoms with Crippen LogP contribution in [0.5, 0.6) is 5.75 Å². The molecule has 3 aromatic rings. The van der Waals surface area contributed by atoms with E-state index >= 15 is 0 Å². The lowest BCUT2D eigenvalue weighted by molar-refractivity contribution is 0.0941. The Bertz CT molecular complexity index is 1260. The number of benzene rings is 2. The fourth-order valence-electron chi connectivity index (χ4n) is 3.71. The number of rotatable bonds is 11. The average Bonchev–Trinajstić information content (AvgIpc) is 2.82. The third-order valence-corrected chi connectivity index (χ3v) is 5.40. The highest BCUT2D eigenvalue weighted by atomic mass is 16.5. The van der Waals surface area contributed by atoms with Crippen molar-refractivity contribution in [3.63, 3.8) is 0 Å². The van der Waals surface area contributed by atoms with Crippen molar-refractivity contribution in [2.24, 2.45) is 0 Å². The van der Waals surface area contributed by atoms with Gasteiger partial charge in [-0.15, -0.1) is 0 Å². The van der Waals surface area contributed by atoms with Gasteiger partial charge in [-0.3, -0.25) is 23.6 Å². The van der Waals surface area contributed by atoms with Crippen LogP contribution >= 0.6 is 0 Å². The van der Waals surface area contributed by atoms with Crippen LogP contribution in [0.25, 0.3) is 0 Å². The Balaban J connectivity index is 1.83. The van der Waals surface area contributed by atoms with E-state index in [9.17, 15) is 14.4 Å². The maximum atomic E-state index is 13.2. The van der Waals surface area contributed by atoms with E-state index in [1.165, 1.54) is 4.57 Å². The number of anilines is 1. The molecule has 0 spiro atoms. The molecule has 0 fully saturated rings. The van der Waals surface area contributed by atoms with E-state index in [2.05, 4.69) is 6.58 Å². The minimum atomic E-state index is -0.656. The van der Waals surface area contributed by atoms with Gasteiger partial charge in [-0.2, -0.15) is 0 Å². The average molecular weight is 463 g/mol. The molecular weight excluding hydrogens is 432 g/mol. The van der Waals surface area contributed by atoms with Crippen LogP contribution in [0.3, 0.4) is 0 Å². The number of hydrogen-bond acceptors (Lipinski definition) is 6. The second kappa shape index (κ2) is 11.3. The summed E-state index contributed by atoms with van der Waals surface area (Å²) in [5.41, 5.74) is 6.71. The van der Waals surface area contributed by atoms with Crippen molar-refractivity contribution in [1.82, 2.24) is 14.0 Å². The van der Waals surface area contributed by atoms with E-state index in [4.69, 9.17) is 10.5 Å². The number of nitrogens with zero attached hydrogens (tertiary/aromatic N) is 3.